The third-order valence-electron chi connectivity index (χ3n) is 3.58. The lowest BCUT2D eigenvalue weighted by Gasteiger charge is -2.26. The first kappa shape index (κ1) is 14.1. The number of carbonyl (C=O) groups excluding carboxylic acids is 1. The number of aromatic nitrogens is 1. The predicted molar refractivity (Wildman–Crippen MR) is 73.6 cm³/mol. The minimum absolute atomic E-state index is 0.0409. The number of carbonyl (C=O) groups is 1. The maximum atomic E-state index is 12.2. The van der Waals surface area contributed by atoms with E-state index in [0.29, 0.717) is 25.8 Å². The molecule has 2 heterocycles. The number of hydrogen-bond acceptors (Lipinski definition) is 3. The molecule has 1 atom stereocenters. The molecule has 0 aliphatic carbocycles. The fourth-order valence-corrected chi connectivity index (χ4v) is 4.30. The van der Waals surface area contributed by atoms with E-state index in [1.807, 2.05) is 25.3 Å². The molecule has 106 valence electrons. The zero-order chi connectivity index (χ0) is 13.9. The highest BCUT2D eigenvalue weighted by Crippen LogP contribution is 2.18. The molecule has 1 unspecified atom stereocenters. The molecule has 1 aliphatic heterocycles. The number of rotatable bonds is 5. The van der Waals surface area contributed by atoms with Crippen LogP contribution in [-0.4, -0.2) is 48.3 Å². The molecule has 1 aromatic heterocycles. The molecule has 1 amide bonds. The average molecular weight is 284 g/mol. The van der Waals surface area contributed by atoms with Crippen molar-refractivity contribution in [3.8, 4) is 0 Å². The number of hydrogen-bond donors (Lipinski definition) is 1. The van der Waals surface area contributed by atoms with Gasteiger partial charge in [-0.2, -0.15) is 0 Å². The van der Waals surface area contributed by atoms with Crippen molar-refractivity contribution in [3.63, 3.8) is 0 Å². The molecule has 1 aromatic rings. The van der Waals surface area contributed by atoms with Crippen molar-refractivity contribution in [1.82, 2.24) is 9.88 Å². The lowest BCUT2D eigenvalue weighted by molar-refractivity contribution is -0.132. The summed E-state index contributed by atoms with van der Waals surface area (Å²) in [5, 5.41) is 0. The van der Waals surface area contributed by atoms with Crippen molar-refractivity contribution in [2.45, 2.75) is 32.2 Å². The minimum Gasteiger partial charge on any atom is -0.365 e. The van der Waals surface area contributed by atoms with Crippen LogP contribution in [0.3, 0.4) is 0 Å². The highest BCUT2D eigenvalue weighted by molar-refractivity contribution is 7.91. The summed E-state index contributed by atoms with van der Waals surface area (Å²) >= 11 is 0. The number of nitrogens with zero attached hydrogens (tertiary/aromatic N) is 1. The van der Waals surface area contributed by atoms with Crippen molar-refractivity contribution in [2.75, 3.05) is 18.1 Å². The van der Waals surface area contributed by atoms with Crippen molar-refractivity contribution < 1.29 is 13.2 Å². The van der Waals surface area contributed by atoms with Crippen molar-refractivity contribution in [1.29, 1.82) is 0 Å². The predicted octanol–water partition coefficient (Wildman–Crippen LogP) is 0.983. The SMILES string of the molecule is CCN(C(=O)CCc1ccc[nH]1)C1CCS(=O)(=O)C1. The van der Waals surface area contributed by atoms with Crippen LogP contribution in [0.2, 0.25) is 0 Å². The molecular formula is C13H20N2O3S. The van der Waals surface area contributed by atoms with E-state index in [1.165, 1.54) is 0 Å². The van der Waals surface area contributed by atoms with Crippen LogP contribution in [0.15, 0.2) is 18.3 Å². The van der Waals surface area contributed by atoms with Gasteiger partial charge in [0.2, 0.25) is 5.91 Å². The normalized spacial score (nSPS) is 21.4. The van der Waals surface area contributed by atoms with E-state index < -0.39 is 9.84 Å². The standard InChI is InChI=1S/C13H20N2O3S/c1-2-15(12-7-9-19(17,18)10-12)13(16)6-5-11-4-3-8-14-11/h3-4,8,12,14H,2,5-7,9-10H2,1H3. The van der Waals surface area contributed by atoms with Gasteiger partial charge in [0.05, 0.1) is 11.5 Å². The molecule has 1 aliphatic rings. The van der Waals surface area contributed by atoms with E-state index in [2.05, 4.69) is 4.98 Å². The second kappa shape index (κ2) is 5.77. The fraction of sp³-hybridized carbons (Fsp3) is 0.615. The number of aryl methyl sites for hydroxylation is 1. The zero-order valence-corrected chi connectivity index (χ0v) is 11.9. The van der Waals surface area contributed by atoms with Gasteiger partial charge in [-0.1, -0.05) is 0 Å². The van der Waals surface area contributed by atoms with Crippen LogP contribution in [0.25, 0.3) is 0 Å². The lowest BCUT2D eigenvalue weighted by Crippen LogP contribution is -2.41. The smallest absolute Gasteiger partial charge is 0.223 e. The summed E-state index contributed by atoms with van der Waals surface area (Å²) in [6.07, 6.45) is 3.50. The van der Waals surface area contributed by atoms with Gasteiger partial charge in [0, 0.05) is 30.9 Å². The molecule has 0 aromatic carbocycles. The van der Waals surface area contributed by atoms with E-state index in [4.69, 9.17) is 0 Å². The third kappa shape index (κ3) is 3.59. The Balaban J connectivity index is 1.92. The number of H-pyrrole nitrogens is 1. The van der Waals surface area contributed by atoms with Crippen LogP contribution in [0.4, 0.5) is 0 Å². The van der Waals surface area contributed by atoms with E-state index in [-0.39, 0.29) is 23.5 Å². The van der Waals surface area contributed by atoms with Crippen LogP contribution < -0.4 is 0 Å². The van der Waals surface area contributed by atoms with Crippen molar-refractivity contribution in [3.05, 3.63) is 24.0 Å². The summed E-state index contributed by atoms with van der Waals surface area (Å²) in [6, 6.07) is 3.72. The van der Waals surface area contributed by atoms with Gasteiger partial charge in [0.15, 0.2) is 9.84 Å². The van der Waals surface area contributed by atoms with Gasteiger partial charge in [0.1, 0.15) is 0 Å². The summed E-state index contributed by atoms with van der Waals surface area (Å²) in [7, 11) is -2.94. The van der Waals surface area contributed by atoms with Crippen LogP contribution in [0.5, 0.6) is 0 Å². The van der Waals surface area contributed by atoms with Crippen molar-refractivity contribution in [2.24, 2.45) is 0 Å². The van der Waals surface area contributed by atoms with E-state index in [1.54, 1.807) is 4.90 Å². The molecule has 1 saturated heterocycles. The Labute approximate surface area is 113 Å². The average Bonchev–Trinajstić information content (AvgIpc) is 2.97. The molecule has 0 saturated carbocycles. The van der Waals surface area contributed by atoms with Crippen molar-refractivity contribution >= 4 is 15.7 Å². The van der Waals surface area contributed by atoms with Crippen LogP contribution in [0.1, 0.15) is 25.5 Å². The topological polar surface area (TPSA) is 70.2 Å². The number of sulfone groups is 1. The number of amides is 1. The molecule has 5 nitrogen and oxygen atoms in total. The Bertz CT molecular complexity index is 522. The number of aromatic amines is 1. The van der Waals surface area contributed by atoms with Gasteiger partial charge >= 0.3 is 0 Å². The van der Waals surface area contributed by atoms with Gasteiger partial charge < -0.3 is 9.88 Å². The minimum atomic E-state index is -2.94. The van der Waals surface area contributed by atoms with E-state index >= 15 is 0 Å². The third-order valence-corrected chi connectivity index (χ3v) is 5.33. The molecule has 6 heteroatoms. The maximum Gasteiger partial charge on any atom is 0.223 e. The highest BCUT2D eigenvalue weighted by Gasteiger charge is 2.33. The monoisotopic (exact) mass is 284 g/mol. The fourth-order valence-electron chi connectivity index (χ4n) is 2.57. The van der Waals surface area contributed by atoms with Gasteiger partial charge in [-0.05, 0) is 31.9 Å². The van der Waals surface area contributed by atoms with Gasteiger partial charge in [0.25, 0.3) is 0 Å². The first-order chi connectivity index (χ1) is 9.02. The Morgan fingerprint density at radius 3 is 2.84 bits per heavy atom. The number of nitrogens with one attached hydrogen (secondary N) is 1. The summed E-state index contributed by atoms with van der Waals surface area (Å²) in [5.41, 5.74) is 1.03. The van der Waals surface area contributed by atoms with Gasteiger partial charge in [-0.15, -0.1) is 0 Å². The van der Waals surface area contributed by atoms with Crippen LogP contribution in [-0.2, 0) is 21.1 Å². The zero-order valence-electron chi connectivity index (χ0n) is 11.1. The first-order valence-electron chi connectivity index (χ1n) is 6.64. The molecule has 2 rings (SSSR count). The Hall–Kier alpha value is -1.30. The molecule has 1 N–H and O–H groups in total. The van der Waals surface area contributed by atoms with E-state index in [0.717, 1.165) is 5.69 Å². The molecule has 0 spiro atoms. The quantitative estimate of drug-likeness (QED) is 0.876. The summed E-state index contributed by atoms with van der Waals surface area (Å²) in [5.74, 6) is 0.367. The van der Waals surface area contributed by atoms with E-state index in [9.17, 15) is 13.2 Å². The van der Waals surface area contributed by atoms with Crippen LogP contribution >= 0.6 is 0 Å². The largest absolute Gasteiger partial charge is 0.365 e. The lowest BCUT2D eigenvalue weighted by atomic mass is 10.1. The molecule has 0 bridgehead atoms. The molecule has 1 fully saturated rings. The Morgan fingerprint density at radius 1 is 1.53 bits per heavy atom. The first-order valence-corrected chi connectivity index (χ1v) is 8.46. The summed E-state index contributed by atoms with van der Waals surface area (Å²) < 4.78 is 23.0. The Kier molecular flexibility index (Phi) is 4.29. The molecular weight excluding hydrogens is 264 g/mol. The second-order valence-electron chi connectivity index (χ2n) is 4.93. The molecule has 0 radical (unpaired) electrons. The van der Waals surface area contributed by atoms with Crippen LogP contribution in [0, 0.1) is 0 Å². The Morgan fingerprint density at radius 2 is 2.32 bits per heavy atom. The molecule has 19 heavy (non-hydrogen) atoms. The summed E-state index contributed by atoms with van der Waals surface area (Å²) in [4.78, 5) is 17.0. The maximum absolute atomic E-state index is 12.2. The van der Waals surface area contributed by atoms with Gasteiger partial charge in [-0.25, -0.2) is 8.42 Å². The van der Waals surface area contributed by atoms with Gasteiger partial charge in [-0.3, -0.25) is 4.79 Å². The highest BCUT2D eigenvalue weighted by atomic mass is 32.2. The second-order valence-corrected chi connectivity index (χ2v) is 7.16. The summed E-state index contributed by atoms with van der Waals surface area (Å²) in [6.45, 7) is 2.47.